The highest BCUT2D eigenvalue weighted by molar-refractivity contribution is 6.23. The van der Waals surface area contributed by atoms with Crippen LogP contribution in [0, 0.1) is 5.82 Å². The number of nitrogens with one attached hydrogen (secondary N) is 3. The molecule has 5 heterocycles. The van der Waals surface area contributed by atoms with Crippen molar-refractivity contribution in [2.75, 3.05) is 35.7 Å². The summed E-state index contributed by atoms with van der Waals surface area (Å²) in [6, 6.07) is 12.6. The average molecular weight is 746 g/mol. The molecule has 280 valence electrons. The van der Waals surface area contributed by atoms with Gasteiger partial charge in [-0.15, -0.1) is 0 Å². The van der Waals surface area contributed by atoms with Crippen LogP contribution in [-0.4, -0.2) is 80.6 Å². The maximum absolute atomic E-state index is 15.8. The molecule has 0 saturated carbocycles. The second-order valence-electron chi connectivity index (χ2n) is 13.4. The molecule has 3 aliphatic heterocycles. The van der Waals surface area contributed by atoms with E-state index in [4.69, 9.17) is 0 Å². The van der Waals surface area contributed by atoms with Crippen molar-refractivity contribution in [2.45, 2.75) is 57.0 Å². The summed E-state index contributed by atoms with van der Waals surface area (Å²) in [6.45, 7) is 1.69. The molecule has 54 heavy (non-hydrogen) atoms. The summed E-state index contributed by atoms with van der Waals surface area (Å²) in [5.41, 5.74) is 1.03. The summed E-state index contributed by atoms with van der Waals surface area (Å²) in [5.74, 6) is -4.04. The lowest BCUT2D eigenvalue weighted by molar-refractivity contribution is -0.138. The first-order chi connectivity index (χ1) is 25.9. The fourth-order valence-electron chi connectivity index (χ4n) is 7.00. The molecule has 0 bridgehead atoms. The van der Waals surface area contributed by atoms with Crippen molar-refractivity contribution < 1.29 is 36.7 Å². The maximum atomic E-state index is 15.8. The van der Waals surface area contributed by atoms with E-state index in [-0.39, 0.29) is 60.4 Å². The number of amides is 4. The number of hydrogen-bond acceptors (Lipinski definition) is 11. The molecular formula is C37H35F4N9O4. The molecule has 2 aromatic carbocycles. The van der Waals surface area contributed by atoms with E-state index in [0.29, 0.717) is 24.3 Å². The number of alkyl halides is 3. The molecule has 0 radical (unpaired) electrons. The normalized spacial score (nSPS) is 17.9. The number of fused-ring (bicyclic) bond motifs is 1. The number of aromatic nitrogens is 3. The van der Waals surface area contributed by atoms with Crippen molar-refractivity contribution in [3.05, 3.63) is 101 Å². The van der Waals surface area contributed by atoms with Crippen LogP contribution in [0.5, 0.6) is 0 Å². The summed E-state index contributed by atoms with van der Waals surface area (Å²) < 4.78 is 56.8. The van der Waals surface area contributed by atoms with Crippen LogP contribution in [0.2, 0.25) is 0 Å². The Morgan fingerprint density at radius 2 is 1.72 bits per heavy atom. The fourth-order valence-corrected chi connectivity index (χ4v) is 7.00. The molecule has 1 atom stereocenters. The molecule has 3 N–H and O–H groups in total. The second kappa shape index (κ2) is 14.8. The van der Waals surface area contributed by atoms with Gasteiger partial charge in [-0.2, -0.15) is 18.2 Å². The van der Waals surface area contributed by atoms with Gasteiger partial charge < -0.3 is 15.5 Å². The summed E-state index contributed by atoms with van der Waals surface area (Å²) in [6.07, 6.45) is 0.699. The lowest BCUT2D eigenvalue weighted by atomic mass is 10.0. The Hall–Kier alpha value is -5.97. The van der Waals surface area contributed by atoms with Crippen LogP contribution < -0.4 is 20.9 Å². The number of benzene rings is 2. The minimum atomic E-state index is -4.65. The number of rotatable bonds is 10. The van der Waals surface area contributed by atoms with E-state index >= 15 is 4.39 Å². The van der Waals surface area contributed by atoms with Gasteiger partial charge in [-0.05, 0) is 68.3 Å². The van der Waals surface area contributed by atoms with Crippen LogP contribution in [-0.2, 0) is 28.9 Å². The molecule has 4 aromatic rings. The van der Waals surface area contributed by atoms with Gasteiger partial charge in [-0.1, -0.05) is 12.1 Å². The van der Waals surface area contributed by atoms with Crippen molar-refractivity contribution in [2.24, 2.45) is 0 Å². The number of pyridine rings is 1. The van der Waals surface area contributed by atoms with Gasteiger partial charge in [0.1, 0.15) is 23.2 Å². The van der Waals surface area contributed by atoms with Gasteiger partial charge in [0.2, 0.25) is 17.8 Å². The molecule has 4 amide bonds. The number of carbonyl (C=O) groups excluding carboxylic acids is 4. The van der Waals surface area contributed by atoms with Crippen LogP contribution in [0.4, 0.5) is 40.7 Å². The van der Waals surface area contributed by atoms with Gasteiger partial charge in [-0.3, -0.25) is 39.3 Å². The Kier molecular flexibility index (Phi) is 9.98. The molecule has 7 rings (SSSR count). The molecule has 0 aliphatic carbocycles. The highest BCUT2D eigenvalue weighted by atomic mass is 19.4. The summed E-state index contributed by atoms with van der Waals surface area (Å²) in [5, 5.41) is 7.85. The van der Waals surface area contributed by atoms with Crippen LogP contribution >= 0.6 is 0 Å². The highest BCUT2D eigenvalue weighted by Crippen LogP contribution is 2.35. The van der Waals surface area contributed by atoms with E-state index in [1.165, 1.54) is 12.1 Å². The minimum Gasteiger partial charge on any atom is -0.371 e. The summed E-state index contributed by atoms with van der Waals surface area (Å²) in [7, 11) is 1.87. The number of carbonyl (C=O) groups is 4. The second-order valence-corrected chi connectivity index (χ2v) is 13.4. The van der Waals surface area contributed by atoms with Gasteiger partial charge in [0.05, 0.1) is 11.1 Å². The number of hydrogen-bond donors (Lipinski definition) is 3. The summed E-state index contributed by atoms with van der Waals surface area (Å²) in [4.78, 5) is 67.2. The van der Waals surface area contributed by atoms with Crippen LogP contribution in [0.15, 0.2) is 67.1 Å². The molecule has 1 unspecified atom stereocenters. The predicted molar refractivity (Wildman–Crippen MR) is 188 cm³/mol. The quantitative estimate of drug-likeness (QED) is 0.150. The standard InChI is InChI=1S/C37H35F4N9O4/c1-48(20-22-4-9-26-30(31(22)38)35(54)50(34(26)53)28-10-11-29(51)46-33(28)52)24-12-15-49(16-13-24)25-7-5-23(6-8-25)45-36-44-19-27(37(39,40)41)32(47-36)43-18-21-3-2-14-42-17-21/h2-9,14,17,19,24,28H,10-13,15-16,18,20H2,1H3,(H,46,51,52)(H2,43,44,45,47). The lowest BCUT2D eigenvalue weighted by Gasteiger charge is -2.38. The Bertz CT molecular complexity index is 2090. The Labute approximate surface area is 306 Å². The zero-order valence-corrected chi connectivity index (χ0v) is 29.0. The van der Waals surface area contributed by atoms with Crippen molar-refractivity contribution in [3.8, 4) is 0 Å². The van der Waals surface area contributed by atoms with E-state index in [1.807, 2.05) is 24.1 Å². The first-order valence-electron chi connectivity index (χ1n) is 17.3. The van der Waals surface area contributed by atoms with E-state index < -0.39 is 47.2 Å². The number of anilines is 4. The van der Waals surface area contributed by atoms with Gasteiger partial charge in [0.15, 0.2) is 0 Å². The van der Waals surface area contributed by atoms with Crippen LogP contribution in [0.1, 0.15) is 63.1 Å². The van der Waals surface area contributed by atoms with E-state index in [0.717, 1.165) is 29.6 Å². The minimum absolute atomic E-state index is 0.00398. The van der Waals surface area contributed by atoms with Crippen molar-refractivity contribution >= 4 is 46.8 Å². The number of piperidine rings is 2. The molecular weight excluding hydrogens is 710 g/mol. The molecule has 2 fully saturated rings. The van der Waals surface area contributed by atoms with E-state index in [9.17, 15) is 32.3 Å². The van der Waals surface area contributed by atoms with Crippen molar-refractivity contribution in [3.63, 3.8) is 0 Å². The SMILES string of the molecule is CN(Cc1ccc2c(c1F)C(=O)N(C1CCC(=O)NC1=O)C2=O)C1CCN(c2ccc(Nc3ncc(C(F)(F)F)c(NCc4cccnc4)n3)cc2)CC1. The van der Waals surface area contributed by atoms with Gasteiger partial charge >= 0.3 is 6.18 Å². The first-order valence-corrected chi connectivity index (χ1v) is 17.3. The topological polar surface area (TPSA) is 153 Å². The molecule has 3 aliphatic rings. The van der Waals surface area contributed by atoms with Gasteiger partial charge in [-0.25, -0.2) is 9.37 Å². The zero-order chi connectivity index (χ0) is 38.1. The monoisotopic (exact) mass is 745 g/mol. The van der Waals surface area contributed by atoms with Gasteiger partial charge in [0.25, 0.3) is 11.8 Å². The Morgan fingerprint density at radius 1 is 0.963 bits per heavy atom. The van der Waals surface area contributed by atoms with E-state index in [2.05, 4.69) is 35.8 Å². The lowest BCUT2D eigenvalue weighted by Crippen LogP contribution is -2.54. The molecule has 0 spiro atoms. The third-order valence-corrected chi connectivity index (χ3v) is 9.90. The smallest absolute Gasteiger partial charge is 0.371 e. The van der Waals surface area contributed by atoms with Crippen molar-refractivity contribution in [1.82, 2.24) is 30.1 Å². The number of halogens is 4. The maximum Gasteiger partial charge on any atom is 0.421 e. The third kappa shape index (κ3) is 7.44. The Morgan fingerprint density at radius 3 is 2.41 bits per heavy atom. The Balaban J connectivity index is 0.947. The first kappa shape index (κ1) is 36.4. The molecule has 13 nitrogen and oxygen atoms in total. The van der Waals surface area contributed by atoms with Crippen LogP contribution in [0.25, 0.3) is 0 Å². The molecule has 17 heteroatoms. The fraction of sp³-hybridized carbons (Fsp3) is 0.324. The predicted octanol–water partition coefficient (Wildman–Crippen LogP) is 4.89. The van der Waals surface area contributed by atoms with Crippen molar-refractivity contribution in [1.29, 1.82) is 0 Å². The highest BCUT2D eigenvalue weighted by Gasteiger charge is 2.46. The van der Waals surface area contributed by atoms with E-state index in [1.54, 1.807) is 36.7 Å². The zero-order valence-electron chi connectivity index (χ0n) is 29.0. The molecule has 2 saturated heterocycles. The third-order valence-electron chi connectivity index (χ3n) is 9.90. The largest absolute Gasteiger partial charge is 0.421 e. The number of imide groups is 2. The molecule has 2 aromatic heterocycles. The average Bonchev–Trinajstić information content (AvgIpc) is 3.41. The van der Waals surface area contributed by atoms with Gasteiger partial charge in [0, 0.05) is 74.2 Å². The van der Waals surface area contributed by atoms with Crippen LogP contribution in [0.3, 0.4) is 0 Å². The number of nitrogens with zero attached hydrogens (tertiary/aromatic N) is 6. The summed E-state index contributed by atoms with van der Waals surface area (Å²) >= 11 is 0.